The Hall–Kier alpha value is -3.76. The zero-order chi connectivity index (χ0) is 36.3. The van der Waals surface area contributed by atoms with E-state index in [9.17, 15) is 9.59 Å². The molecule has 278 valence electrons. The van der Waals surface area contributed by atoms with Crippen LogP contribution in [0, 0.1) is 0 Å². The van der Waals surface area contributed by atoms with E-state index in [1.165, 1.54) is 88.6 Å². The highest BCUT2D eigenvalue weighted by molar-refractivity contribution is 8.76. The Bertz CT molecular complexity index is 1440. The maximum absolute atomic E-state index is 12.5. The number of nitrogens with zero attached hydrogens (tertiary/aromatic N) is 4. The number of hydrogen-bond donors (Lipinski definition) is 2. The van der Waals surface area contributed by atoms with E-state index in [4.69, 9.17) is 0 Å². The van der Waals surface area contributed by atoms with Crippen LogP contribution in [0.2, 0.25) is 0 Å². The molecule has 0 bridgehead atoms. The van der Waals surface area contributed by atoms with E-state index in [1.54, 1.807) is 49.1 Å². The Labute approximate surface area is 319 Å². The van der Waals surface area contributed by atoms with Gasteiger partial charge in [0.25, 0.3) is 11.8 Å². The van der Waals surface area contributed by atoms with Gasteiger partial charge >= 0.3 is 0 Å². The van der Waals surface area contributed by atoms with Crippen LogP contribution in [0.4, 0.5) is 0 Å². The van der Waals surface area contributed by atoms with Crippen LogP contribution in [0.3, 0.4) is 0 Å². The van der Waals surface area contributed by atoms with E-state index >= 15 is 0 Å². The molecule has 0 aromatic carbocycles. The lowest BCUT2D eigenvalue weighted by molar-refractivity contribution is 0.0944. The highest BCUT2D eigenvalue weighted by Gasteiger charge is 2.09. The molecule has 10 heteroatoms. The predicted octanol–water partition coefficient (Wildman–Crippen LogP) is 10.4. The van der Waals surface area contributed by atoms with Crippen LogP contribution < -0.4 is 10.6 Å². The summed E-state index contributed by atoms with van der Waals surface area (Å²) < 4.78 is 0. The largest absolute Gasteiger partial charge is 0.352 e. The minimum absolute atomic E-state index is 0.0471. The van der Waals surface area contributed by atoms with Crippen molar-refractivity contribution in [2.24, 2.45) is 0 Å². The van der Waals surface area contributed by atoms with Crippen molar-refractivity contribution in [1.29, 1.82) is 0 Å². The van der Waals surface area contributed by atoms with Crippen LogP contribution in [-0.2, 0) is 0 Å². The smallest absolute Gasteiger partial charge is 0.251 e. The Morgan fingerprint density at radius 2 is 0.788 bits per heavy atom. The number of unbranched alkanes of at least 4 members (excludes halogenated alkanes) is 14. The predicted molar refractivity (Wildman–Crippen MR) is 218 cm³/mol. The highest BCUT2D eigenvalue weighted by atomic mass is 33.1. The zero-order valence-electron chi connectivity index (χ0n) is 30.6. The van der Waals surface area contributed by atoms with Gasteiger partial charge in [-0.3, -0.25) is 29.5 Å². The van der Waals surface area contributed by atoms with Gasteiger partial charge in [0, 0.05) is 60.5 Å². The number of aromatic nitrogens is 4. The van der Waals surface area contributed by atoms with Gasteiger partial charge in [-0.25, -0.2) is 0 Å². The van der Waals surface area contributed by atoms with Crippen LogP contribution in [0.25, 0.3) is 22.8 Å². The molecule has 2 amide bonds. The van der Waals surface area contributed by atoms with E-state index in [0.717, 1.165) is 37.1 Å². The van der Waals surface area contributed by atoms with Crippen LogP contribution in [0.15, 0.2) is 85.5 Å². The van der Waals surface area contributed by atoms with E-state index < -0.39 is 0 Å². The molecule has 8 nitrogen and oxygen atoms in total. The summed E-state index contributed by atoms with van der Waals surface area (Å²) in [6.07, 6.45) is 26.8. The molecule has 4 aromatic rings. The zero-order valence-corrected chi connectivity index (χ0v) is 32.3. The lowest BCUT2D eigenvalue weighted by Crippen LogP contribution is -2.24. The first-order valence-corrected chi connectivity index (χ1v) is 21.8. The summed E-state index contributed by atoms with van der Waals surface area (Å²) in [7, 11) is 4.10. The molecule has 4 aromatic heterocycles. The molecular formula is C42H56N6O2S2. The normalized spacial score (nSPS) is 11.0. The van der Waals surface area contributed by atoms with Crippen molar-refractivity contribution in [2.45, 2.75) is 103 Å². The second kappa shape index (κ2) is 26.1. The first kappa shape index (κ1) is 41.0. The molecule has 4 heterocycles. The quantitative estimate of drug-likeness (QED) is 0.0459. The van der Waals surface area contributed by atoms with Crippen molar-refractivity contribution in [3.05, 3.63) is 96.6 Å². The highest BCUT2D eigenvalue weighted by Crippen LogP contribution is 2.25. The summed E-state index contributed by atoms with van der Waals surface area (Å²) in [6, 6.07) is 18.5. The average Bonchev–Trinajstić information content (AvgIpc) is 3.20. The molecule has 2 N–H and O–H groups in total. The third-order valence-electron chi connectivity index (χ3n) is 8.86. The van der Waals surface area contributed by atoms with Gasteiger partial charge in [-0.1, -0.05) is 111 Å². The fourth-order valence-corrected chi connectivity index (χ4v) is 8.17. The van der Waals surface area contributed by atoms with Gasteiger partial charge in [0.2, 0.25) is 0 Å². The fraction of sp³-hybridized carbons (Fsp3) is 0.476. The number of rotatable bonds is 27. The molecule has 52 heavy (non-hydrogen) atoms. The Morgan fingerprint density at radius 3 is 1.17 bits per heavy atom. The van der Waals surface area contributed by atoms with E-state index in [1.807, 2.05) is 36.4 Å². The van der Waals surface area contributed by atoms with Crippen LogP contribution in [0.5, 0.6) is 0 Å². The Morgan fingerprint density at radius 1 is 0.423 bits per heavy atom. The summed E-state index contributed by atoms with van der Waals surface area (Å²) in [5, 5.41) is 6.09. The van der Waals surface area contributed by atoms with E-state index in [-0.39, 0.29) is 11.8 Å². The molecule has 0 aliphatic heterocycles. The third kappa shape index (κ3) is 16.7. The third-order valence-corrected chi connectivity index (χ3v) is 11.4. The average molecular weight is 741 g/mol. The summed E-state index contributed by atoms with van der Waals surface area (Å²) in [6.45, 7) is 1.42. The van der Waals surface area contributed by atoms with Gasteiger partial charge in [0.05, 0.1) is 22.8 Å². The molecule has 4 rings (SSSR count). The number of nitrogens with one attached hydrogen (secondary N) is 2. The molecule has 0 aliphatic rings. The van der Waals surface area contributed by atoms with Crippen LogP contribution in [0.1, 0.15) is 123 Å². The Kier molecular flexibility index (Phi) is 20.6. The van der Waals surface area contributed by atoms with Crippen molar-refractivity contribution in [3.8, 4) is 22.8 Å². The SMILES string of the molecule is O=C(NCCCCCCCCCCSSCCCCCCCCCCNC(=O)c1ccnc(-c2ccccn2)c1)c1ccnc(-c2ccccn2)c1. The van der Waals surface area contributed by atoms with Gasteiger partial charge in [-0.2, -0.15) is 0 Å². The maximum Gasteiger partial charge on any atom is 0.251 e. The lowest BCUT2D eigenvalue weighted by atomic mass is 10.1. The molecule has 0 aliphatic carbocycles. The molecular weight excluding hydrogens is 685 g/mol. The minimum Gasteiger partial charge on any atom is -0.352 e. The fourth-order valence-electron chi connectivity index (χ4n) is 5.87. The molecule has 0 radical (unpaired) electrons. The number of carbonyl (C=O) groups excluding carboxylic acids is 2. The number of amides is 2. The summed E-state index contributed by atoms with van der Waals surface area (Å²) in [5.74, 6) is 2.43. The Balaban J connectivity index is 0.846. The molecule has 0 saturated carbocycles. The van der Waals surface area contributed by atoms with Crippen LogP contribution >= 0.6 is 21.6 Å². The maximum atomic E-state index is 12.5. The molecule has 0 fully saturated rings. The first-order valence-electron chi connectivity index (χ1n) is 19.3. The van der Waals surface area contributed by atoms with Crippen molar-refractivity contribution in [2.75, 3.05) is 24.6 Å². The second-order valence-electron chi connectivity index (χ2n) is 13.1. The summed E-state index contributed by atoms with van der Waals surface area (Å²) in [4.78, 5) is 42.4. The second-order valence-corrected chi connectivity index (χ2v) is 15.8. The molecule has 0 unspecified atom stereocenters. The van der Waals surface area contributed by atoms with E-state index in [2.05, 4.69) is 52.2 Å². The van der Waals surface area contributed by atoms with Gasteiger partial charge in [0.15, 0.2) is 0 Å². The lowest BCUT2D eigenvalue weighted by Gasteiger charge is -2.07. The summed E-state index contributed by atoms with van der Waals surface area (Å²) in [5.41, 5.74) is 4.23. The minimum atomic E-state index is -0.0471. The molecule has 0 saturated heterocycles. The van der Waals surface area contributed by atoms with Gasteiger partial charge in [0.1, 0.15) is 0 Å². The molecule has 0 atom stereocenters. The number of carbonyl (C=O) groups is 2. The number of pyridine rings is 4. The first-order chi connectivity index (χ1) is 25.7. The molecule has 0 spiro atoms. The van der Waals surface area contributed by atoms with Gasteiger partial charge in [-0.05, 0) is 74.2 Å². The van der Waals surface area contributed by atoms with Crippen molar-refractivity contribution >= 4 is 33.4 Å². The monoisotopic (exact) mass is 740 g/mol. The van der Waals surface area contributed by atoms with Crippen molar-refractivity contribution in [3.63, 3.8) is 0 Å². The van der Waals surface area contributed by atoms with Gasteiger partial charge < -0.3 is 10.6 Å². The van der Waals surface area contributed by atoms with Crippen LogP contribution in [-0.4, -0.2) is 56.3 Å². The van der Waals surface area contributed by atoms with Crippen molar-refractivity contribution < 1.29 is 9.59 Å². The van der Waals surface area contributed by atoms with Crippen molar-refractivity contribution in [1.82, 2.24) is 30.6 Å². The van der Waals surface area contributed by atoms with E-state index in [0.29, 0.717) is 35.6 Å². The number of hydrogen-bond acceptors (Lipinski definition) is 8. The summed E-state index contributed by atoms with van der Waals surface area (Å²) >= 11 is 0. The topological polar surface area (TPSA) is 110 Å². The van der Waals surface area contributed by atoms with Gasteiger partial charge in [-0.15, -0.1) is 0 Å². The standard InChI is InChI=1S/C42H56N6O2S2/c49-41(35-23-29-45-39(33-35)37-21-13-17-25-43-37)47-27-15-9-5-1-3-7-11-19-31-51-52-32-20-12-8-4-2-6-10-16-28-48-42(50)36-24-30-46-40(34-36)38-22-14-18-26-44-38/h13-14,17-18,21-26,29-30,33-34H,1-12,15-16,19-20,27-28,31-32H2,(H,47,49)(H,48,50).